The van der Waals surface area contributed by atoms with Gasteiger partial charge in [-0.15, -0.1) is 0 Å². The lowest BCUT2D eigenvalue weighted by atomic mass is 9.76. The molecule has 18 heavy (non-hydrogen) atoms. The van der Waals surface area contributed by atoms with Crippen molar-refractivity contribution < 1.29 is 9.90 Å². The van der Waals surface area contributed by atoms with Gasteiger partial charge in [-0.2, -0.15) is 0 Å². The van der Waals surface area contributed by atoms with Crippen LogP contribution in [0.1, 0.15) is 46.5 Å². The molecule has 2 unspecified atom stereocenters. The number of hydrogen-bond acceptors (Lipinski definition) is 3. The molecule has 0 spiro atoms. The molecule has 4 heteroatoms. The zero-order valence-corrected chi connectivity index (χ0v) is 12.0. The minimum Gasteiger partial charge on any atom is -0.480 e. The number of nitrogens with one attached hydrogen (secondary N) is 1. The molecule has 0 aromatic rings. The summed E-state index contributed by atoms with van der Waals surface area (Å²) >= 11 is 0. The first kappa shape index (κ1) is 15.4. The number of rotatable bonds is 7. The van der Waals surface area contributed by atoms with E-state index in [-0.39, 0.29) is 0 Å². The Morgan fingerprint density at radius 1 is 1.44 bits per heavy atom. The Morgan fingerprint density at radius 3 is 2.61 bits per heavy atom. The van der Waals surface area contributed by atoms with Gasteiger partial charge >= 0.3 is 5.97 Å². The second-order valence-corrected chi connectivity index (χ2v) is 5.54. The number of carbonyl (C=O) groups is 1. The Bertz CT molecular complexity index is 267. The first-order valence-corrected chi connectivity index (χ1v) is 7.25. The van der Waals surface area contributed by atoms with Crippen LogP contribution in [0.15, 0.2) is 0 Å². The second-order valence-electron chi connectivity index (χ2n) is 5.54. The molecular weight excluding hydrogens is 228 g/mol. The Labute approximate surface area is 111 Å². The van der Waals surface area contributed by atoms with Crippen LogP contribution in [-0.2, 0) is 4.79 Å². The number of aliphatic carboxylic acids is 1. The van der Waals surface area contributed by atoms with E-state index >= 15 is 0 Å². The summed E-state index contributed by atoms with van der Waals surface area (Å²) in [5.41, 5.74) is -0.676. The summed E-state index contributed by atoms with van der Waals surface area (Å²) in [6, 6.07) is 0. The molecule has 2 atom stereocenters. The fourth-order valence-corrected chi connectivity index (χ4v) is 2.97. The molecule has 0 amide bonds. The Hall–Kier alpha value is -0.610. The van der Waals surface area contributed by atoms with Crippen molar-refractivity contribution in [2.24, 2.45) is 5.92 Å². The third kappa shape index (κ3) is 3.95. The molecule has 0 saturated heterocycles. The van der Waals surface area contributed by atoms with E-state index in [9.17, 15) is 9.90 Å². The third-order valence-electron chi connectivity index (χ3n) is 4.19. The monoisotopic (exact) mass is 256 g/mol. The minimum atomic E-state index is -0.676. The van der Waals surface area contributed by atoms with Crippen molar-refractivity contribution in [3.63, 3.8) is 0 Å². The van der Waals surface area contributed by atoms with Gasteiger partial charge in [0.2, 0.25) is 0 Å². The lowest BCUT2D eigenvalue weighted by Crippen LogP contribution is -2.56. The molecule has 0 aromatic carbocycles. The van der Waals surface area contributed by atoms with Gasteiger partial charge in [-0.1, -0.05) is 33.6 Å². The van der Waals surface area contributed by atoms with Gasteiger partial charge in [0.15, 0.2) is 0 Å². The summed E-state index contributed by atoms with van der Waals surface area (Å²) in [6.45, 7) is 10.2. The topological polar surface area (TPSA) is 52.6 Å². The Balaban J connectivity index is 2.50. The van der Waals surface area contributed by atoms with Gasteiger partial charge in [-0.3, -0.25) is 4.79 Å². The van der Waals surface area contributed by atoms with Crippen molar-refractivity contribution in [1.29, 1.82) is 0 Å². The molecule has 0 radical (unpaired) electrons. The van der Waals surface area contributed by atoms with Crippen LogP contribution < -0.4 is 5.32 Å². The highest BCUT2D eigenvalue weighted by molar-refractivity contribution is 5.79. The Morgan fingerprint density at radius 2 is 2.11 bits per heavy atom. The molecule has 4 nitrogen and oxygen atoms in total. The van der Waals surface area contributed by atoms with E-state index in [4.69, 9.17) is 0 Å². The molecule has 2 N–H and O–H groups in total. The molecule has 1 rings (SSSR count). The van der Waals surface area contributed by atoms with Gasteiger partial charge in [0.05, 0.1) is 0 Å². The highest BCUT2D eigenvalue weighted by atomic mass is 16.4. The molecule has 1 fully saturated rings. The first-order valence-electron chi connectivity index (χ1n) is 7.25. The van der Waals surface area contributed by atoms with Crippen LogP contribution in [0.25, 0.3) is 0 Å². The van der Waals surface area contributed by atoms with Crippen molar-refractivity contribution in [2.75, 3.05) is 26.2 Å². The fraction of sp³-hybridized carbons (Fsp3) is 0.929. The molecule has 1 aliphatic carbocycles. The van der Waals surface area contributed by atoms with E-state index in [2.05, 4.69) is 31.0 Å². The molecule has 106 valence electrons. The maximum Gasteiger partial charge on any atom is 0.323 e. The fourth-order valence-electron chi connectivity index (χ4n) is 2.97. The molecular formula is C14H28N2O2. The van der Waals surface area contributed by atoms with Gasteiger partial charge in [-0.05, 0) is 31.8 Å². The summed E-state index contributed by atoms with van der Waals surface area (Å²) in [7, 11) is 0. The highest BCUT2D eigenvalue weighted by Gasteiger charge is 2.41. The second kappa shape index (κ2) is 7.10. The van der Waals surface area contributed by atoms with E-state index in [1.165, 1.54) is 0 Å². The molecule has 0 aromatic heterocycles. The van der Waals surface area contributed by atoms with Gasteiger partial charge in [0.25, 0.3) is 0 Å². The average molecular weight is 256 g/mol. The zero-order valence-electron chi connectivity index (χ0n) is 12.0. The number of carboxylic acid groups (broad SMARTS) is 1. The number of carboxylic acids is 1. The quantitative estimate of drug-likeness (QED) is 0.731. The maximum atomic E-state index is 11.6. The highest BCUT2D eigenvalue weighted by Crippen LogP contribution is 2.32. The minimum absolute atomic E-state index is 0.510. The summed E-state index contributed by atoms with van der Waals surface area (Å²) in [6.07, 6.45) is 3.71. The van der Waals surface area contributed by atoms with Crippen molar-refractivity contribution in [2.45, 2.75) is 52.0 Å². The molecule has 0 aliphatic heterocycles. The molecule has 0 bridgehead atoms. The summed E-state index contributed by atoms with van der Waals surface area (Å²) < 4.78 is 0. The summed E-state index contributed by atoms with van der Waals surface area (Å²) in [4.78, 5) is 13.9. The predicted molar refractivity (Wildman–Crippen MR) is 73.8 cm³/mol. The average Bonchev–Trinajstić information content (AvgIpc) is 2.34. The van der Waals surface area contributed by atoms with Gasteiger partial charge in [0.1, 0.15) is 5.54 Å². The molecule has 1 aliphatic rings. The van der Waals surface area contributed by atoms with E-state index in [0.717, 1.165) is 51.9 Å². The van der Waals surface area contributed by atoms with Crippen LogP contribution >= 0.6 is 0 Å². The number of likely N-dealkylation sites (N-methyl/N-ethyl adjacent to an activating group) is 1. The normalized spacial score (nSPS) is 28.6. The largest absolute Gasteiger partial charge is 0.480 e. The smallest absolute Gasteiger partial charge is 0.323 e. The van der Waals surface area contributed by atoms with Crippen LogP contribution in [0.3, 0.4) is 0 Å². The van der Waals surface area contributed by atoms with Crippen LogP contribution in [0, 0.1) is 5.92 Å². The van der Waals surface area contributed by atoms with E-state index in [1.54, 1.807) is 0 Å². The molecule has 1 saturated carbocycles. The van der Waals surface area contributed by atoms with Gasteiger partial charge in [-0.25, -0.2) is 0 Å². The van der Waals surface area contributed by atoms with Crippen molar-refractivity contribution in [1.82, 2.24) is 10.2 Å². The van der Waals surface area contributed by atoms with Gasteiger partial charge in [0, 0.05) is 13.1 Å². The van der Waals surface area contributed by atoms with Gasteiger partial charge < -0.3 is 15.3 Å². The van der Waals surface area contributed by atoms with Crippen molar-refractivity contribution in [3.8, 4) is 0 Å². The Kier molecular flexibility index (Phi) is 6.09. The van der Waals surface area contributed by atoms with E-state index < -0.39 is 11.5 Å². The summed E-state index contributed by atoms with van der Waals surface area (Å²) in [5.74, 6) is -0.163. The van der Waals surface area contributed by atoms with E-state index in [1.807, 2.05) is 0 Å². The zero-order chi connectivity index (χ0) is 13.6. The predicted octanol–water partition coefficient (Wildman–Crippen LogP) is 1.95. The SMILES string of the molecule is CCN(CC)CCNC1(C(=O)O)CCCC(C)C1. The molecule has 0 heterocycles. The third-order valence-corrected chi connectivity index (χ3v) is 4.19. The number of nitrogens with zero attached hydrogens (tertiary/aromatic N) is 1. The van der Waals surface area contributed by atoms with Crippen molar-refractivity contribution in [3.05, 3.63) is 0 Å². The van der Waals surface area contributed by atoms with Crippen LogP contribution in [0.2, 0.25) is 0 Å². The lowest BCUT2D eigenvalue weighted by Gasteiger charge is -2.37. The van der Waals surface area contributed by atoms with Crippen LogP contribution in [0.5, 0.6) is 0 Å². The van der Waals surface area contributed by atoms with Crippen molar-refractivity contribution >= 4 is 5.97 Å². The van der Waals surface area contributed by atoms with Crippen LogP contribution in [-0.4, -0.2) is 47.7 Å². The number of hydrogen-bond donors (Lipinski definition) is 2. The maximum absolute atomic E-state index is 11.6. The standard InChI is InChI=1S/C14H28N2O2/c1-4-16(5-2)10-9-15-14(13(17)18)8-6-7-12(3)11-14/h12,15H,4-11H2,1-3H3,(H,17,18). The van der Waals surface area contributed by atoms with Crippen LogP contribution in [0.4, 0.5) is 0 Å². The van der Waals surface area contributed by atoms with E-state index in [0.29, 0.717) is 5.92 Å². The first-order chi connectivity index (χ1) is 8.54. The lowest BCUT2D eigenvalue weighted by molar-refractivity contribution is -0.147. The summed E-state index contributed by atoms with van der Waals surface area (Å²) in [5, 5.41) is 12.8.